The summed E-state index contributed by atoms with van der Waals surface area (Å²) in [5, 5.41) is 12.0. The molecule has 0 bridgehead atoms. The van der Waals surface area contributed by atoms with Crippen LogP contribution >= 0.6 is 0 Å². The molecule has 0 aromatic carbocycles. The summed E-state index contributed by atoms with van der Waals surface area (Å²) in [6.07, 6.45) is 0.461. The first kappa shape index (κ1) is 21.3. The molecule has 0 spiro atoms. The van der Waals surface area contributed by atoms with Gasteiger partial charge >= 0.3 is 0 Å². The molecule has 0 aliphatic carbocycles. The van der Waals surface area contributed by atoms with E-state index in [4.69, 9.17) is 17.5 Å². The molecule has 2 N–H and O–H groups in total. The summed E-state index contributed by atoms with van der Waals surface area (Å²) in [5.74, 6) is -1.15. The first-order valence-electron chi connectivity index (χ1n) is 4.97. The highest BCUT2D eigenvalue weighted by atomic mass is 32.3. The lowest BCUT2D eigenvalue weighted by Crippen LogP contribution is -2.82. The highest BCUT2D eigenvalue weighted by molar-refractivity contribution is 7.79. The first-order valence-corrected chi connectivity index (χ1v) is 6.30. The predicted octanol–water partition coefficient (Wildman–Crippen LogP) is -2.05. The molecular formula is C9H19NO6S-2. The van der Waals surface area contributed by atoms with Crippen LogP contribution in [-0.4, -0.2) is 36.6 Å². The third kappa shape index (κ3) is 51.6. The van der Waals surface area contributed by atoms with Crippen molar-refractivity contribution in [2.24, 2.45) is 0 Å². The molecule has 0 aromatic heterocycles. The van der Waals surface area contributed by atoms with E-state index in [1.807, 2.05) is 0 Å². The molecule has 0 amide bonds. The van der Waals surface area contributed by atoms with Crippen molar-refractivity contribution in [3.8, 4) is 0 Å². The van der Waals surface area contributed by atoms with Crippen LogP contribution in [0.1, 0.15) is 27.2 Å². The normalized spacial score (nSPS) is 9.24. The van der Waals surface area contributed by atoms with Crippen LogP contribution in [0.5, 0.6) is 0 Å². The molecule has 0 rings (SSSR count). The number of hydrogen-bond donors (Lipinski definition) is 1. The maximum absolute atomic E-state index is 9.72. The number of aliphatic carboxylic acids is 1. The zero-order chi connectivity index (χ0) is 14.5. The number of hydrogen-bond acceptors (Lipinski definition) is 6. The Morgan fingerprint density at radius 3 is 1.47 bits per heavy atom. The molecule has 7 nitrogen and oxygen atoms in total. The van der Waals surface area contributed by atoms with E-state index < -0.39 is 16.4 Å². The maximum Gasteiger partial charge on any atom is 0.0726 e. The van der Waals surface area contributed by atoms with Gasteiger partial charge in [-0.05, 0) is 25.8 Å². The van der Waals surface area contributed by atoms with Crippen LogP contribution in [0, 0.1) is 0 Å². The number of nitrogens with two attached hydrogens (primary N) is 1. The van der Waals surface area contributed by atoms with Gasteiger partial charge in [0.25, 0.3) is 0 Å². The fourth-order valence-corrected chi connectivity index (χ4v) is 0.433. The number of carbonyl (C=O) groups excluding carboxylic acids is 1. The summed E-state index contributed by atoms with van der Waals surface area (Å²) in [6, 6.07) is 0. The van der Waals surface area contributed by atoms with Gasteiger partial charge in [0.05, 0.1) is 19.1 Å². The topological polar surface area (TPSA) is 137 Å². The van der Waals surface area contributed by atoms with E-state index in [-0.39, 0.29) is 5.57 Å². The third-order valence-corrected chi connectivity index (χ3v) is 1.29. The zero-order valence-electron chi connectivity index (χ0n) is 10.3. The second kappa shape index (κ2) is 13.1. The molecule has 0 fully saturated rings. The van der Waals surface area contributed by atoms with Gasteiger partial charge in [-0.25, -0.2) is 0 Å². The molecule has 0 aliphatic rings. The van der Waals surface area contributed by atoms with E-state index in [0.29, 0.717) is 6.42 Å². The second-order valence-corrected chi connectivity index (χ2v) is 3.57. The maximum atomic E-state index is 9.72. The number of carbonyl (C=O) groups is 1. The summed E-state index contributed by atoms with van der Waals surface area (Å²) in [4.78, 5) is 9.72. The largest absolute Gasteiger partial charge is 0.759 e. The minimum atomic E-state index is -5.17. The Labute approximate surface area is 102 Å². The van der Waals surface area contributed by atoms with E-state index >= 15 is 0 Å². The summed E-state index contributed by atoms with van der Waals surface area (Å²) >= 11 is 0. The average molecular weight is 269 g/mol. The molecule has 0 saturated heterocycles. The van der Waals surface area contributed by atoms with E-state index in [1.165, 1.54) is 13.1 Å². The fraction of sp³-hybridized carbons (Fsp3) is 0.667. The summed E-state index contributed by atoms with van der Waals surface area (Å²) < 4.78 is 34.1. The number of carboxylic acids is 1. The third-order valence-electron chi connectivity index (χ3n) is 1.29. The van der Waals surface area contributed by atoms with Crippen LogP contribution in [0.15, 0.2) is 12.2 Å². The van der Waals surface area contributed by atoms with Crippen molar-refractivity contribution in [3.63, 3.8) is 0 Å². The van der Waals surface area contributed by atoms with Gasteiger partial charge in [0.1, 0.15) is 0 Å². The monoisotopic (exact) mass is 269 g/mol. The molecule has 0 aliphatic heterocycles. The Hall–Kier alpha value is -0.960. The Bertz CT molecular complexity index is 289. The van der Waals surface area contributed by atoms with Crippen LogP contribution in [-0.2, 0) is 15.2 Å². The van der Waals surface area contributed by atoms with Crippen molar-refractivity contribution in [3.05, 3.63) is 12.2 Å². The van der Waals surface area contributed by atoms with E-state index in [1.54, 1.807) is 6.92 Å². The highest BCUT2D eigenvalue weighted by Crippen LogP contribution is 1.90. The van der Waals surface area contributed by atoms with Crippen molar-refractivity contribution in [2.45, 2.75) is 27.2 Å². The Balaban J connectivity index is -0.000000177. The standard InChI is InChI=1S/C5H8O2.C4H11N.H2O4S/c1-3-4(2)5(6)7;1-3-5-4-2;1-5(2,3)4/h2-3H2,1H3,(H,6,7);5H,3-4H2,1-2H3;(H2,1,2,3,4)/p-2. The van der Waals surface area contributed by atoms with Crippen molar-refractivity contribution in [1.29, 1.82) is 0 Å². The summed E-state index contributed by atoms with van der Waals surface area (Å²) in [5.41, 5.74) is 0.153. The van der Waals surface area contributed by atoms with Gasteiger partial charge in [-0.2, -0.15) is 0 Å². The minimum Gasteiger partial charge on any atom is -0.759 e. The predicted molar refractivity (Wildman–Crippen MR) is 57.9 cm³/mol. The Morgan fingerprint density at radius 1 is 1.18 bits per heavy atom. The molecule has 0 aromatic rings. The first-order chi connectivity index (χ1) is 7.59. The molecule has 0 atom stereocenters. The van der Waals surface area contributed by atoms with Gasteiger partial charge in [-0.1, -0.05) is 13.5 Å². The molecule has 0 heterocycles. The van der Waals surface area contributed by atoms with Gasteiger partial charge in [0.2, 0.25) is 0 Å². The fourth-order valence-electron chi connectivity index (χ4n) is 0.433. The number of carboxylic acid groups (broad SMARTS) is 1. The second-order valence-electron chi connectivity index (χ2n) is 2.76. The zero-order valence-corrected chi connectivity index (χ0v) is 11.1. The summed E-state index contributed by atoms with van der Waals surface area (Å²) in [7, 11) is -5.17. The summed E-state index contributed by atoms with van der Waals surface area (Å²) in [6.45, 7) is 11.7. The highest BCUT2D eigenvalue weighted by Gasteiger charge is 1.84. The Morgan fingerprint density at radius 2 is 1.47 bits per heavy atom. The van der Waals surface area contributed by atoms with Crippen molar-refractivity contribution in [2.75, 3.05) is 13.1 Å². The van der Waals surface area contributed by atoms with Gasteiger partial charge in [0, 0.05) is 10.4 Å². The smallest absolute Gasteiger partial charge is 0.0726 e. The Kier molecular flexibility index (Phi) is 16.5. The molecule has 0 radical (unpaired) electrons. The molecular weight excluding hydrogens is 250 g/mol. The minimum absolute atomic E-state index is 0.153. The van der Waals surface area contributed by atoms with Gasteiger partial charge in [0.15, 0.2) is 0 Å². The van der Waals surface area contributed by atoms with Crippen LogP contribution in [0.25, 0.3) is 0 Å². The number of quaternary nitrogens is 1. The van der Waals surface area contributed by atoms with Crippen molar-refractivity contribution >= 4 is 16.4 Å². The van der Waals surface area contributed by atoms with Crippen LogP contribution in [0.4, 0.5) is 0 Å². The van der Waals surface area contributed by atoms with Crippen LogP contribution < -0.4 is 10.4 Å². The van der Waals surface area contributed by atoms with Crippen molar-refractivity contribution < 1.29 is 32.7 Å². The molecule has 17 heavy (non-hydrogen) atoms. The molecule has 0 saturated carbocycles. The van der Waals surface area contributed by atoms with Gasteiger partial charge in [-0.3, -0.25) is 8.42 Å². The lowest BCUT2D eigenvalue weighted by atomic mass is 10.2. The van der Waals surface area contributed by atoms with E-state index in [2.05, 4.69) is 25.7 Å². The van der Waals surface area contributed by atoms with Crippen LogP contribution in [0.3, 0.4) is 0 Å². The molecule has 104 valence electrons. The average Bonchev–Trinajstić information content (AvgIpc) is 2.16. The lowest BCUT2D eigenvalue weighted by molar-refractivity contribution is -0.648. The van der Waals surface area contributed by atoms with E-state index in [0.717, 1.165) is 0 Å². The SMILES string of the molecule is C=C(CC)C(=O)[O-].CC[NH2+]CC.O=S(=O)([O-])[O-]. The molecule has 0 unspecified atom stereocenters. The lowest BCUT2D eigenvalue weighted by Gasteiger charge is -2.06. The van der Waals surface area contributed by atoms with Crippen LogP contribution in [0.2, 0.25) is 0 Å². The van der Waals surface area contributed by atoms with Gasteiger partial charge in [-0.15, -0.1) is 0 Å². The van der Waals surface area contributed by atoms with E-state index in [9.17, 15) is 9.90 Å². The quantitative estimate of drug-likeness (QED) is 0.354. The van der Waals surface area contributed by atoms with Crippen molar-refractivity contribution in [1.82, 2.24) is 0 Å². The van der Waals surface area contributed by atoms with Gasteiger partial charge < -0.3 is 24.3 Å². The molecule has 8 heteroatoms. The number of rotatable bonds is 4.